The molecule has 0 saturated carbocycles. The van der Waals surface area contributed by atoms with Crippen molar-refractivity contribution in [2.24, 2.45) is 11.3 Å². The molecule has 2 rings (SSSR count). The van der Waals surface area contributed by atoms with E-state index in [1.165, 1.54) is 38.3 Å². The molecular weight excluding hydrogens is 264 g/mol. The van der Waals surface area contributed by atoms with Crippen LogP contribution in [0.2, 0.25) is 0 Å². The quantitative estimate of drug-likeness (QED) is 0.572. The van der Waals surface area contributed by atoms with Crippen LogP contribution in [0, 0.1) is 11.3 Å². The van der Waals surface area contributed by atoms with E-state index in [0.717, 1.165) is 0 Å². The highest BCUT2D eigenvalue weighted by Gasteiger charge is 2.57. The number of ether oxygens (including phenoxy) is 2. The maximum atomic E-state index is 12.2. The summed E-state index contributed by atoms with van der Waals surface area (Å²) in [6, 6.07) is 0. The summed E-state index contributed by atoms with van der Waals surface area (Å²) < 4.78 is 9.98. The van der Waals surface area contributed by atoms with E-state index >= 15 is 0 Å². The number of fused-ring (bicyclic) bond motifs is 1. The number of esters is 2. The molecule has 4 atom stereocenters. The number of aliphatic hydroxyl groups is 1. The Labute approximate surface area is 116 Å². The number of hydrogen-bond acceptors (Lipinski definition) is 6. The summed E-state index contributed by atoms with van der Waals surface area (Å²) >= 11 is 0. The molecule has 6 heteroatoms. The normalized spacial score (nSPS) is 35.4. The van der Waals surface area contributed by atoms with E-state index in [-0.39, 0.29) is 12.2 Å². The fourth-order valence-corrected chi connectivity index (χ4v) is 2.85. The van der Waals surface area contributed by atoms with Crippen LogP contribution in [-0.2, 0) is 23.9 Å². The van der Waals surface area contributed by atoms with Crippen LogP contribution < -0.4 is 0 Å². The molecule has 0 bridgehead atoms. The molecule has 6 nitrogen and oxygen atoms in total. The van der Waals surface area contributed by atoms with Gasteiger partial charge in [0.1, 0.15) is 11.5 Å². The van der Waals surface area contributed by atoms with E-state index in [0.29, 0.717) is 0 Å². The number of ketones is 1. The molecule has 1 N–H and O–H groups in total. The van der Waals surface area contributed by atoms with Crippen molar-refractivity contribution in [2.75, 3.05) is 7.11 Å². The van der Waals surface area contributed by atoms with Crippen molar-refractivity contribution < 1.29 is 29.0 Å². The van der Waals surface area contributed by atoms with Gasteiger partial charge >= 0.3 is 11.9 Å². The molecule has 0 aromatic rings. The van der Waals surface area contributed by atoms with Crippen LogP contribution in [0.1, 0.15) is 13.3 Å². The highest BCUT2D eigenvalue weighted by atomic mass is 16.6. The maximum Gasteiger partial charge on any atom is 0.320 e. The third-order valence-corrected chi connectivity index (χ3v) is 3.78. The molecular formula is C14H16O6. The average molecular weight is 280 g/mol. The van der Waals surface area contributed by atoms with Gasteiger partial charge in [0, 0.05) is 19.3 Å². The number of allylic oxidation sites excluding steroid dienone is 1. The van der Waals surface area contributed by atoms with Gasteiger partial charge in [-0.25, -0.2) is 0 Å². The zero-order valence-corrected chi connectivity index (χ0v) is 11.2. The van der Waals surface area contributed by atoms with Gasteiger partial charge in [0.05, 0.1) is 13.2 Å². The number of aliphatic hydroxyl groups excluding tert-OH is 1. The summed E-state index contributed by atoms with van der Waals surface area (Å²) in [5, 5.41) is 10.1. The lowest BCUT2D eigenvalue weighted by molar-refractivity contribution is -0.172. The second kappa shape index (κ2) is 5.20. The Morgan fingerprint density at radius 3 is 2.70 bits per heavy atom. The molecule has 0 radical (unpaired) electrons. The first-order valence-electron chi connectivity index (χ1n) is 6.26. The van der Waals surface area contributed by atoms with Gasteiger partial charge in [0.15, 0.2) is 5.78 Å². The van der Waals surface area contributed by atoms with Gasteiger partial charge < -0.3 is 14.6 Å². The van der Waals surface area contributed by atoms with Crippen LogP contribution in [-0.4, -0.2) is 42.1 Å². The van der Waals surface area contributed by atoms with Crippen LogP contribution in [0.4, 0.5) is 0 Å². The van der Waals surface area contributed by atoms with Crippen LogP contribution in [0.5, 0.6) is 0 Å². The van der Waals surface area contributed by atoms with Crippen LogP contribution >= 0.6 is 0 Å². The van der Waals surface area contributed by atoms with Gasteiger partial charge in [-0.3, -0.25) is 14.4 Å². The fraction of sp³-hybridized carbons (Fsp3) is 0.500. The first-order chi connectivity index (χ1) is 9.41. The molecule has 0 saturated heterocycles. The van der Waals surface area contributed by atoms with E-state index in [2.05, 4.69) is 0 Å². The summed E-state index contributed by atoms with van der Waals surface area (Å²) in [5.41, 5.74) is -1.36. The fourth-order valence-electron chi connectivity index (χ4n) is 2.85. The Morgan fingerprint density at radius 1 is 1.40 bits per heavy atom. The van der Waals surface area contributed by atoms with Crippen molar-refractivity contribution in [1.29, 1.82) is 0 Å². The maximum absolute atomic E-state index is 12.2. The Morgan fingerprint density at radius 2 is 2.10 bits per heavy atom. The topological polar surface area (TPSA) is 89.9 Å². The van der Waals surface area contributed by atoms with Crippen molar-refractivity contribution >= 4 is 17.7 Å². The lowest BCUT2D eigenvalue weighted by Gasteiger charge is -2.45. The van der Waals surface area contributed by atoms with E-state index in [1.807, 2.05) is 0 Å². The van der Waals surface area contributed by atoms with Crippen molar-refractivity contribution in [1.82, 2.24) is 0 Å². The van der Waals surface area contributed by atoms with Gasteiger partial charge in [-0.15, -0.1) is 0 Å². The summed E-state index contributed by atoms with van der Waals surface area (Å²) in [5.74, 6) is -2.09. The Balaban J connectivity index is 2.54. The zero-order valence-electron chi connectivity index (χ0n) is 11.2. The molecule has 0 spiro atoms. The summed E-state index contributed by atoms with van der Waals surface area (Å²) in [6.07, 6.45) is 3.67. The van der Waals surface area contributed by atoms with Crippen molar-refractivity contribution in [3.63, 3.8) is 0 Å². The predicted molar refractivity (Wildman–Crippen MR) is 67.4 cm³/mol. The average Bonchev–Trinajstić information content (AvgIpc) is 2.41. The smallest absolute Gasteiger partial charge is 0.320 e. The highest BCUT2D eigenvalue weighted by molar-refractivity contribution is 5.95. The minimum Gasteiger partial charge on any atom is -0.468 e. The molecule has 2 aliphatic carbocycles. The van der Waals surface area contributed by atoms with Gasteiger partial charge in [0.25, 0.3) is 0 Å². The van der Waals surface area contributed by atoms with Gasteiger partial charge in [-0.2, -0.15) is 0 Å². The molecule has 2 aliphatic rings. The second-order valence-electron chi connectivity index (χ2n) is 4.94. The minimum absolute atomic E-state index is 0.00509. The Kier molecular flexibility index (Phi) is 3.76. The monoisotopic (exact) mass is 280 g/mol. The molecule has 0 amide bonds. The number of rotatable bonds is 2. The number of carbonyl (C=O) groups excluding carboxylic acids is 3. The third-order valence-electron chi connectivity index (χ3n) is 3.78. The molecule has 0 aliphatic heterocycles. The molecule has 0 heterocycles. The van der Waals surface area contributed by atoms with Crippen LogP contribution in [0.3, 0.4) is 0 Å². The van der Waals surface area contributed by atoms with E-state index in [4.69, 9.17) is 9.47 Å². The third kappa shape index (κ3) is 2.16. The molecule has 108 valence electrons. The predicted octanol–water partition coefficient (Wildman–Crippen LogP) is 0.153. The summed E-state index contributed by atoms with van der Waals surface area (Å²) in [4.78, 5) is 35.0. The van der Waals surface area contributed by atoms with Gasteiger partial charge in [-0.1, -0.05) is 12.2 Å². The van der Waals surface area contributed by atoms with Crippen molar-refractivity contribution in [2.45, 2.75) is 25.6 Å². The summed E-state index contributed by atoms with van der Waals surface area (Å²) in [7, 11) is 1.22. The lowest BCUT2D eigenvalue weighted by Crippen LogP contribution is -2.55. The first kappa shape index (κ1) is 14.5. The Hall–Kier alpha value is -1.95. The lowest BCUT2D eigenvalue weighted by atomic mass is 9.61. The second-order valence-corrected chi connectivity index (χ2v) is 4.94. The number of methoxy groups -OCH3 is 1. The van der Waals surface area contributed by atoms with E-state index in [1.54, 1.807) is 0 Å². The number of carbonyl (C=O) groups is 3. The minimum atomic E-state index is -1.36. The standard InChI is InChI=1S/C14H16O6/c1-8(15)20-12-4-3-11(17)10-7-9(16)5-6-14(10,12)13(18)19-2/h3-6,10-12,17H,7H2,1-2H3/t10-,11-,12+,14+/m0/s1. The largest absolute Gasteiger partial charge is 0.468 e. The van der Waals surface area contributed by atoms with Crippen LogP contribution in [0.15, 0.2) is 24.3 Å². The molecule has 0 aromatic heterocycles. The van der Waals surface area contributed by atoms with Crippen molar-refractivity contribution in [3.8, 4) is 0 Å². The summed E-state index contributed by atoms with van der Waals surface area (Å²) in [6.45, 7) is 1.23. The van der Waals surface area contributed by atoms with E-state index in [9.17, 15) is 19.5 Å². The molecule has 0 unspecified atom stereocenters. The first-order valence-corrected chi connectivity index (χ1v) is 6.26. The van der Waals surface area contributed by atoms with Crippen molar-refractivity contribution in [3.05, 3.63) is 24.3 Å². The van der Waals surface area contributed by atoms with Gasteiger partial charge in [-0.05, 0) is 12.2 Å². The Bertz CT molecular complexity index is 506. The zero-order chi connectivity index (χ0) is 14.9. The SMILES string of the molecule is COC(=O)[C@]12C=CC(=O)C[C@H]1[C@@H](O)C=C[C@H]2OC(C)=O. The van der Waals surface area contributed by atoms with Crippen LogP contribution in [0.25, 0.3) is 0 Å². The molecule has 0 fully saturated rings. The molecule has 20 heavy (non-hydrogen) atoms. The van der Waals surface area contributed by atoms with E-state index < -0.39 is 35.5 Å². The molecule has 0 aromatic carbocycles. The van der Waals surface area contributed by atoms with Gasteiger partial charge in [0.2, 0.25) is 0 Å². The number of hydrogen-bond donors (Lipinski definition) is 1. The highest BCUT2D eigenvalue weighted by Crippen LogP contribution is 2.46.